The zero-order valence-corrected chi connectivity index (χ0v) is 14.1. The summed E-state index contributed by atoms with van der Waals surface area (Å²) in [7, 11) is 0. The van der Waals surface area contributed by atoms with E-state index < -0.39 is 5.97 Å². The summed E-state index contributed by atoms with van der Waals surface area (Å²) in [6.07, 6.45) is 12.0. The van der Waals surface area contributed by atoms with Gasteiger partial charge in [0.1, 0.15) is 4.32 Å². The Morgan fingerprint density at radius 1 is 1.41 bits per heavy atom. The number of hydrogen-bond donors (Lipinski definition) is 1. The second-order valence-corrected chi connectivity index (χ2v) is 7.28. The number of aliphatic carboxylic acids is 1. The highest BCUT2D eigenvalue weighted by atomic mass is 32.2. The molecule has 1 fully saturated rings. The Morgan fingerprint density at radius 3 is 2.91 bits per heavy atom. The summed E-state index contributed by atoms with van der Waals surface area (Å²) in [5, 5.41) is 8.60. The maximum Gasteiger partial charge on any atom is 0.303 e. The Morgan fingerprint density at radius 2 is 2.23 bits per heavy atom. The molecule has 0 aromatic heterocycles. The first-order valence-corrected chi connectivity index (χ1v) is 8.92. The number of carbonyl (C=O) groups excluding carboxylic acids is 1. The van der Waals surface area contributed by atoms with Crippen molar-refractivity contribution in [3.63, 3.8) is 0 Å². The number of hydrogen-bond acceptors (Lipinski definition) is 4. The predicted molar refractivity (Wildman–Crippen MR) is 92.6 cm³/mol. The summed E-state index contributed by atoms with van der Waals surface area (Å²) in [5.74, 6) is -0.312. The van der Waals surface area contributed by atoms with Gasteiger partial charge in [-0.05, 0) is 38.0 Å². The zero-order chi connectivity index (χ0) is 15.9. The molecule has 4 nitrogen and oxygen atoms in total. The van der Waals surface area contributed by atoms with Gasteiger partial charge >= 0.3 is 5.97 Å². The van der Waals surface area contributed by atoms with Crippen molar-refractivity contribution in [3.05, 3.63) is 23.1 Å². The number of thiocarbonyl (C=S) groups is 1. The summed E-state index contributed by atoms with van der Waals surface area (Å²) in [4.78, 5) is 25.3. The van der Waals surface area contributed by atoms with Crippen LogP contribution in [0.4, 0.5) is 0 Å². The minimum Gasteiger partial charge on any atom is -0.481 e. The minimum atomic E-state index is -0.768. The van der Waals surface area contributed by atoms with E-state index in [0.717, 1.165) is 37.0 Å². The molecule has 2 rings (SSSR count). The van der Waals surface area contributed by atoms with Crippen molar-refractivity contribution in [2.24, 2.45) is 5.92 Å². The van der Waals surface area contributed by atoms with Gasteiger partial charge < -0.3 is 5.11 Å². The highest BCUT2D eigenvalue weighted by Crippen LogP contribution is 2.34. The number of rotatable bonds is 7. The number of thioether (sulfide) groups is 1. The molecule has 1 aliphatic heterocycles. The molecule has 2 aliphatic rings. The van der Waals surface area contributed by atoms with Gasteiger partial charge in [-0.15, -0.1) is 0 Å². The highest BCUT2D eigenvalue weighted by Gasteiger charge is 2.32. The van der Waals surface area contributed by atoms with Gasteiger partial charge in [-0.25, -0.2) is 0 Å². The first-order valence-electron chi connectivity index (χ1n) is 7.70. The molecule has 0 radical (unpaired) electrons. The fraction of sp³-hybridized carbons (Fsp3) is 0.562. The molecule has 0 spiro atoms. The predicted octanol–water partition coefficient (Wildman–Crippen LogP) is 3.73. The SMILES string of the molecule is O=C(O)CCCCCN1C(=O)C(=CC2CC=CCC2)SC1=S. The van der Waals surface area contributed by atoms with Gasteiger partial charge in [-0.2, -0.15) is 0 Å². The number of carboxylic acids is 1. The molecule has 6 heteroatoms. The van der Waals surface area contributed by atoms with Crippen molar-refractivity contribution >= 4 is 40.2 Å². The monoisotopic (exact) mass is 339 g/mol. The molecular formula is C16H21NO3S2. The molecule has 1 atom stereocenters. The minimum absolute atomic E-state index is 0.0165. The molecule has 1 unspecified atom stereocenters. The summed E-state index contributed by atoms with van der Waals surface area (Å²) in [6, 6.07) is 0. The fourth-order valence-corrected chi connectivity index (χ4v) is 3.99. The first-order chi connectivity index (χ1) is 10.6. The average Bonchev–Trinajstić information content (AvgIpc) is 2.75. The Labute approximate surface area is 140 Å². The van der Waals surface area contributed by atoms with Gasteiger partial charge in [0.25, 0.3) is 5.91 Å². The third-order valence-electron chi connectivity index (χ3n) is 3.84. The smallest absolute Gasteiger partial charge is 0.303 e. The number of unbranched alkanes of at least 4 members (excludes halogenated alkanes) is 2. The van der Waals surface area contributed by atoms with Crippen LogP contribution in [0.3, 0.4) is 0 Å². The molecule has 0 aromatic carbocycles. The largest absolute Gasteiger partial charge is 0.481 e. The Hall–Kier alpha value is -1.14. The van der Waals surface area contributed by atoms with E-state index in [4.69, 9.17) is 17.3 Å². The number of allylic oxidation sites excluding steroid dienone is 3. The molecule has 0 bridgehead atoms. The van der Waals surface area contributed by atoms with Crippen LogP contribution in [0.25, 0.3) is 0 Å². The topological polar surface area (TPSA) is 57.6 Å². The van der Waals surface area contributed by atoms with Crippen LogP contribution in [-0.4, -0.2) is 32.7 Å². The highest BCUT2D eigenvalue weighted by molar-refractivity contribution is 8.26. The molecule has 1 amide bonds. The molecule has 1 heterocycles. The van der Waals surface area contributed by atoms with Crippen LogP contribution in [0.2, 0.25) is 0 Å². The van der Waals surface area contributed by atoms with Crippen molar-refractivity contribution in [2.45, 2.75) is 44.9 Å². The van der Waals surface area contributed by atoms with Crippen molar-refractivity contribution in [3.8, 4) is 0 Å². The van der Waals surface area contributed by atoms with Gasteiger partial charge in [-0.3, -0.25) is 14.5 Å². The maximum atomic E-state index is 12.4. The average molecular weight is 339 g/mol. The van der Waals surface area contributed by atoms with E-state index in [0.29, 0.717) is 23.2 Å². The van der Waals surface area contributed by atoms with Crippen LogP contribution in [0.15, 0.2) is 23.1 Å². The van der Waals surface area contributed by atoms with Crippen molar-refractivity contribution in [1.82, 2.24) is 4.90 Å². The summed E-state index contributed by atoms with van der Waals surface area (Å²) in [5.41, 5.74) is 0. The van der Waals surface area contributed by atoms with E-state index in [2.05, 4.69) is 18.2 Å². The van der Waals surface area contributed by atoms with E-state index >= 15 is 0 Å². The molecule has 120 valence electrons. The number of amides is 1. The van der Waals surface area contributed by atoms with Gasteiger partial charge in [0, 0.05) is 13.0 Å². The van der Waals surface area contributed by atoms with Crippen LogP contribution in [0.1, 0.15) is 44.9 Å². The Balaban J connectivity index is 1.82. The van der Waals surface area contributed by atoms with Crippen molar-refractivity contribution < 1.29 is 14.7 Å². The summed E-state index contributed by atoms with van der Waals surface area (Å²) >= 11 is 6.70. The lowest BCUT2D eigenvalue weighted by molar-refractivity contribution is -0.137. The third kappa shape index (κ3) is 4.95. The molecule has 1 N–H and O–H groups in total. The van der Waals surface area contributed by atoms with E-state index in [-0.39, 0.29) is 12.3 Å². The normalized spacial score (nSPS) is 23.5. The van der Waals surface area contributed by atoms with Crippen molar-refractivity contribution in [2.75, 3.05) is 6.54 Å². The molecule has 1 aliphatic carbocycles. The van der Waals surface area contributed by atoms with Crippen LogP contribution >= 0.6 is 24.0 Å². The molecule has 22 heavy (non-hydrogen) atoms. The zero-order valence-electron chi connectivity index (χ0n) is 12.5. The van der Waals surface area contributed by atoms with Crippen LogP contribution in [0, 0.1) is 5.92 Å². The quantitative estimate of drug-likeness (QED) is 0.331. The van der Waals surface area contributed by atoms with Crippen LogP contribution in [-0.2, 0) is 9.59 Å². The van der Waals surface area contributed by atoms with Gasteiger partial charge in [-0.1, -0.05) is 48.6 Å². The molecule has 0 aromatic rings. The Kier molecular flexibility index (Phi) is 6.64. The van der Waals surface area contributed by atoms with Crippen LogP contribution < -0.4 is 0 Å². The van der Waals surface area contributed by atoms with E-state index in [1.165, 1.54) is 11.8 Å². The fourth-order valence-electron chi connectivity index (χ4n) is 2.61. The molecule has 1 saturated heterocycles. The van der Waals surface area contributed by atoms with E-state index in [1.807, 2.05) is 0 Å². The Bertz CT molecular complexity index is 514. The summed E-state index contributed by atoms with van der Waals surface area (Å²) < 4.78 is 0.626. The van der Waals surface area contributed by atoms with E-state index in [9.17, 15) is 9.59 Å². The maximum absolute atomic E-state index is 12.4. The summed E-state index contributed by atoms with van der Waals surface area (Å²) in [6.45, 7) is 0.589. The second-order valence-electron chi connectivity index (χ2n) is 5.60. The first kappa shape index (κ1) is 17.2. The molecule has 0 saturated carbocycles. The lowest BCUT2D eigenvalue weighted by Gasteiger charge is -2.15. The lowest BCUT2D eigenvalue weighted by Crippen LogP contribution is -2.29. The van der Waals surface area contributed by atoms with Gasteiger partial charge in [0.05, 0.1) is 4.91 Å². The number of nitrogens with zero attached hydrogens (tertiary/aromatic N) is 1. The third-order valence-corrected chi connectivity index (χ3v) is 5.24. The van der Waals surface area contributed by atoms with Gasteiger partial charge in [0.2, 0.25) is 0 Å². The van der Waals surface area contributed by atoms with Gasteiger partial charge in [0.15, 0.2) is 0 Å². The number of carboxylic acid groups (broad SMARTS) is 1. The molecular weight excluding hydrogens is 318 g/mol. The van der Waals surface area contributed by atoms with Crippen LogP contribution in [0.5, 0.6) is 0 Å². The van der Waals surface area contributed by atoms with E-state index in [1.54, 1.807) is 4.90 Å². The lowest BCUT2D eigenvalue weighted by atomic mass is 9.94. The number of carbonyl (C=O) groups is 2. The second kappa shape index (κ2) is 8.48. The van der Waals surface area contributed by atoms with Crippen molar-refractivity contribution in [1.29, 1.82) is 0 Å². The standard InChI is InChI=1S/C16H21NO3S2/c18-14(19)9-5-2-6-10-17-15(20)13(22-16(17)21)11-12-7-3-1-4-8-12/h1,3,11-12H,2,4-10H2,(H,18,19).